The molecule has 3 heterocycles. The summed E-state index contributed by atoms with van der Waals surface area (Å²) in [6, 6.07) is 7.94. The van der Waals surface area contributed by atoms with Crippen molar-refractivity contribution in [2.24, 2.45) is 5.14 Å². The maximum absolute atomic E-state index is 13.1. The van der Waals surface area contributed by atoms with Crippen LogP contribution in [0.3, 0.4) is 0 Å². The van der Waals surface area contributed by atoms with Gasteiger partial charge >= 0.3 is 0 Å². The van der Waals surface area contributed by atoms with Crippen LogP contribution in [0.1, 0.15) is 18.4 Å². The molecule has 0 fully saturated rings. The predicted octanol–water partition coefficient (Wildman–Crippen LogP) is 2.43. The number of sulfonamides is 1. The van der Waals surface area contributed by atoms with Crippen LogP contribution in [0.2, 0.25) is 0 Å². The number of thiophene rings is 1. The number of rotatable bonds is 12. The number of hydrogen-bond acceptors (Lipinski definition) is 10. The van der Waals surface area contributed by atoms with Crippen molar-refractivity contribution in [2.75, 3.05) is 17.6 Å². The Labute approximate surface area is 230 Å². The molecule has 4 N–H and O–H groups in total. The maximum Gasteiger partial charge on any atom is 0.272 e. The molecule has 15 heteroatoms. The van der Waals surface area contributed by atoms with Crippen LogP contribution in [-0.4, -0.2) is 47.1 Å². The average Bonchev–Trinajstić information content (AvgIpc) is 3.56. The van der Waals surface area contributed by atoms with Gasteiger partial charge in [-0.15, -0.1) is 22.7 Å². The van der Waals surface area contributed by atoms with Crippen molar-refractivity contribution in [1.82, 2.24) is 19.9 Å². The molecule has 0 unspecified atom stereocenters. The number of thiazole rings is 1. The fraction of sp³-hybridized carbons (Fsp3) is 0.261. The number of nitrogens with zero attached hydrogens (tertiary/aromatic N) is 3. The van der Waals surface area contributed by atoms with E-state index < -0.39 is 10.0 Å². The van der Waals surface area contributed by atoms with Gasteiger partial charge in [0, 0.05) is 31.1 Å². The first kappa shape index (κ1) is 27.9. The van der Waals surface area contributed by atoms with Crippen molar-refractivity contribution in [2.45, 2.75) is 35.9 Å². The zero-order valence-electron chi connectivity index (χ0n) is 20.0. The Morgan fingerprint density at radius 1 is 1.08 bits per heavy atom. The number of hydrogen-bond donors (Lipinski definition) is 3. The van der Waals surface area contributed by atoms with E-state index in [2.05, 4.69) is 20.6 Å². The molecule has 3 aromatic heterocycles. The number of primary sulfonamides is 1. The Hall–Kier alpha value is -3.11. The molecule has 0 aliphatic carbocycles. The van der Waals surface area contributed by atoms with Crippen LogP contribution in [0.15, 0.2) is 62.1 Å². The van der Waals surface area contributed by atoms with Crippen molar-refractivity contribution in [3.8, 4) is 0 Å². The second kappa shape index (κ2) is 12.6. The highest BCUT2D eigenvalue weighted by Crippen LogP contribution is 2.22. The van der Waals surface area contributed by atoms with E-state index in [0.29, 0.717) is 39.9 Å². The summed E-state index contributed by atoms with van der Waals surface area (Å²) >= 11 is 3.78. The number of amides is 2. The van der Waals surface area contributed by atoms with Gasteiger partial charge in [-0.1, -0.05) is 23.9 Å². The van der Waals surface area contributed by atoms with E-state index in [0.717, 1.165) is 17.3 Å². The standard InChI is InChI=1S/C23H24N6O5S4/c24-38(33,34)16-5-3-15(4-6-16)7-9-25-18(30)2-1-11-29-21(32)20-17(8-12-35-20)27-23(29)37-14-19(31)28-22-26-10-13-36-22/h3-6,8,10,12-13H,1-2,7,9,11,14H2,(H,25,30)(H2,24,33,34)(H,26,28,31). The molecule has 0 atom stereocenters. The molecule has 0 spiro atoms. The van der Waals surface area contributed by atoms with Gasteiger partial charge in [0.2, 0.25) is 21.8 Å². The molecule has 0 saturated carbocycles. The second-order valence-corrected chi connectivity index (χ2v) is 12.4. The van der Waals surface area contributed by atoms with Crippen LogP contribution in [0.4, 0.5) is 5.13 Å². The molecule has 11 nitrogen and oxygen atoms in total. The van der Waals surface area contributed by atoms with Gasteiger partial charge in [-0.2, -0.15) is 0 Å². The van der Waals surface area contributed by atoms with Crippen molar-refractivity contribution < 1.29 is 18.0 Å². The third kappa shape index (κ3) is 7.48. The monoisotopic (exact) mass is 592 g/mol. The van der Waals surface area contributed by atoms with Gasteiger partial charge < -0.3 is 10.6 Å². The van der Waals surface area contributed by atoms with Gasteiger partial charge in [0.25, 0.3) is 5.56 Å². The van der Waals surface area contributed by atoms with Crippen LogP contribution >= 0.6 is 34.4 Å². The molecule has 0 aliphatic rings. The summed E-state index contributed by atoms with van der Waals surface area (Å²) in [6.07, 6.45) is 2.74. The SMILES string of the molecule is NS(=O)(=O)c1ccc(CCNC(=O)CCCn2c(SCC(=O)Nc3nccs3)nc3ccsc3c2=O)cc1. The van der Waals surface area contributed by atoms with Crippen LogP contribution < -0.4 is 21.3 Å². The highest BCUT2D eigenvalue weighted by molar-refractivity contribution is 7.99. The molecule has 4 rings (SSSR count). The number of aromatic nitrogens is 3. The summed E-state index contributed by atoms with van der Waals surface area (Å²) in [7, 11) is -3.74. The molecule has 0 saturated heterocycles. The van der Waals surface area contributed by atoms with Gasteiger partial charge in [-0.25, -0.2) is 23.5 Å². The van der Waals surface area contributed by atoms with E-state index in [4.69, 9.17) is 5.14 Å². The molecule has 2 amide bonds. The van der Waals surface area contributed by atoms with Crippen molar-refractivity contribution >= 4 is 71.6 Å². The molecule has 38 heavy (non-hydrogen) atoms. The number of fused-ring (bicyclic) bond motifs is 1. The van der Waals surface area contributed by atoms with E-state index in [1.165, 1.54) is 39.4 Å². The number of carbonyl (C=O) groups excluding carboxylic acids is 2. The fourth-order valence-corrected chi connectivity index (χ4v) is 6.14. The highest BCUT2D eigenvalue weighted by Gasteiger charge is 2.15. The Bertz CT molecular complexity index is 1580. The normalized spacial score (nSPS) is 11.5. The first-order valence-corrected chi connectivity index (χ1v) is 15.7. The summed E-state index contributed by atoms with van der Waals surface area (Å²) < 4.78 is 24.7. The molecular formula is C23H24N6O5S4. The first-order chi connectivity index (χ1) is 18.2. The first-order valence-electron chi connectivity index (χ1n) is 11.4. The lowest BCUT2D eigenvalue weighted by Gasteiger charge is -2.12. The minimum Gasteiger partial charge on any atom is -0.356 e. The summed E-state index contributed by atoms with van der Waals surface area (Å²) in [5, 5.41) is 15.1. The zero-order chi connectivity index (χ0) is 27.1. The highest BCUT2D eigenvalue weighted by atomic mass is 32.2. The molecule has 200 valence electrons. The maximum atomic E-state index is 13.1. The lowest BCUT2D eigenvalue weighted by atomic mass is 10.1. The molecular weight excluding hydrogens is 569 g/mol. The number of carbonyl (C=O) groups is 2. The van der Waals surface area contributed by atoms with Gasteiger partial charge in [-0.05, 0) is 42.0 Å². The van der Waals surface area contributed by atoms with Gasteiger partial charge in [0.05, 0.1) is 16.2 Å². The molecule has 4 aromatic rings. The van der Waals surface area contributed by atoms with Crippen LogP contribution in [0, 0.1) is 0 Å². The van der Waals surface area contributed by atoms with Crippen molar-refractivity contribution in [3.63, 3.8) is 0 Å². The summed E-state index contributed by atoms with van der Waals surface area (Å²) in [5.74, 6) is -0.364. The van der Waals surface area contributed by atoms with E-state index in [1.807, 2.05) is 0 Å². The smallest absolute Gasteiger partial charge is 0.272 e. The van der Waals surface area contributed by atoms with E-state index in [1.54, 1.807) is 35.2 Å². The predicted molar refractivity (Wildman–Crippen MR) is 149 cm³/mol. The molecule has 1 aromatic carbocycles. The number of nitrogens with two attached hydrogens (primary N) is 1. The second-order valence-electron chi connectivity index (χ2n) is 8.05. The Morgan fingerprint density at radius 2 is 1.87 bits per heavy atom. The van der Waals surface area contributed by atoms with Crippen LogP contribution in [-0.2, 0) is 32.6 Å². The van der Waals surface area contributed by atoms with Crippen LogP contribution in [0.5, 0.6) is 0 Å². The average molecular weight is 593 g/mol. The Kier molecular flexibility index (Phi) is 9.27. The lowest BCUT2D eigenvalue weighted by Crippen LogP contribution is -2.27. The largest absolute Gasteiger partial charge is 0.356 e. The fourth-order valence-electron chi connectivity index (χ4n) is 3.48. The van der Waals surface area contributed by atoms with Gasteiger partial charge in [-0.3, -0.25) is 19.0 Å². The van der Waals surface area contributed by atoms with E-state index >= 15 is 0 Å². The summed E-state index contributed by atoms with van der Waals surface area (Å²) in [6.45, 7) is 0.657. The number of benzene rings is 1. The quantitative estimate of drug-likeness (QED) is 0.167. The minimum absolute atomic E-state index is 0.0356. The van der Waals surface area contributed by atoms with E-state index in [-0.39, 0.29) is 41.0 Å². The number of anilines is 1. The Morgan fingerprint density at radius 3 is 2.58 bits per heavy atom. The minimum atomic E-state index is -3.74. The van der Waals surface area contributed by atoms with Gasteiger partial charge in [0.1, 0.15) is 4.70 Å². The molecule has 0 bridgehead atoms. The van der Waals surface area contributed by atoms with Gasteiger partial charge in [0.15, 0.2) is 10.3 Å². The third-order valence-electron chi connectivity index (χ3n) is 5.32. The van der Waals surface area contributed by atoms with Crippen LogP contribution in [0.25, 0.3) is 10.2 Å². The summed E-state index contributed by atoms with van der Waals surface area (Å²) in [5.41, 5.74) is 1.24. The van der Waals surface area contributed by atoms with Crippen molar-refractivity contribution in [1.29, 1.82) is 0 Å². The molecule has 0 aliphatic heterocycles. The number of thioether (sulfide) groups is 1. The Balaban J connectivity index is 1.30. The summed E-state index contributed by atoms with van der Waals surface area (Å²) in [4.78, 5) is 46.3. The third-order valence-corrected chi connectivity index (χ3v) is 8.80. The topological polar surface area (TPSA) is 166 Å². The number of nitrogens with one attached hydrogen (secondary N) is 2. The molecule has 0 radical (unpaired) electrons. The van der Waals surface area contributed by atoms with E-state index in [9.17, 15) is 22.8 Å². The van der Waals surface area contributed by atoms with Crippen molar-refractivity contribution in [3.05, 3.63) is 63.2 Å². The zero-order valence-corrected chi connectivity index (χ0v) is 23.2. The lowest BCUT2D eigenvalue weighted by molar-refractivity contribution is -0.121.